The van der Waals surface area contributed by atoms with Gasteiger partial charge in [0.2, 0.25) is 11.8 Å². The molecule has 7 nitrogen and oxygen atoms in total. The van der Waals surface area contributed by atoms with Crippen molar-refractivity contribution in [2.75, 3.05) is 39.3 Å². The average Bonchev–Trinajstić information content (AvgIpc) is 2.71. The zero-order valence-corrected chi connectivity index (χ0v) is 16.7. The summed E-state index contributed by atoms with van der Waals surface area (Å²) in [6, 6.07) is 12.6. The minimum atomic E-state index is -0.128. The Kier molecular flexibility index (Phi) is 7.68. The van der Waals surface area contributed by atoms with Crippen molar-refractivity contribution in [2.24, 2.45) is 0 Å². The molecule has 0 saturated carbocycles. The van der Waals surface area contributed by atoms with Crippen molar-refractivity contribution in [2.45, 2.75) is 13.3 Å². The Morgan fingerprint density at radius 1 is 0.929 bits per heavy atom. The molecule has 28 heavy (non-hydrogen) atoms. The van der Waals surface area contributed by atoms with Crippen molar-refractivity contribution < 1.29 is 23.8 Å². The second kappa shape index (κ2) is 10.2. The lowest BCUT2D eigenvalue weighted by atomic mass is 10.1. The van der Waals surface area contributed by atoms with Crippen LogP contribution in [0.15, 0.2) is 42.5 Å². The number of benzene rings is 2. The van der Waals surface area contributed by atoms with E-state index in [1.54, 1.807) is 44.4 Å². The molecule has 0 bridgehead atoms. The van der Waals surface area contributed by atoms with Crippen LogP contribution in [0, 0.1) is 0 Å². The van der Waals surface area contributed by atoms with Crippen LogP contribution < -0.4 is 24.4 Å². The van der Waals surface area contributed by atoms with Crippen LogP contribution in [0.2, 0.25) is 0 Å². The topological polar surface area (TPSA) is 77.1 Å². The predicted molar refractivity (Wildman–Crippen MR) is 107 cm³/mol. The van der Waals surface area contributed by atoms with Crippen molar-refractivity contribution >= 4 is 17.5 Å². The highest BCUT2D eigenvalue weighted by Gasteiger charge is 2.15. The van der Waals surface area contributed by atoms with Gasteiger partial charge in [-0.15, -0.1) is 0 Å². The molecule has 7 heteroatoms. The lowest BCUT2D eigenvalue weighted by Gasteiger charge is -2.22. The van der Waals surface area contributed by atoms with E-state index < -0.39 is 0 Å². The number of carbonyl (C=O) groups excluding carboxylic acids is 2. The summed E-state index contributed by atoms with van der Waals surface area (Å²) < 4.78 is 15.6. The summed E-state index contributed by atoms with van der Waals surface area (Å²) >= 11 is 0. The minimum Gasteiger partial charge on any atom is -0.497 e. The van der Waals surface area contributed by atoms with E-state index in [0.29, 0.717) is 30.3 Å². The van der Waals surface area contributed by atoms with E-state index in [9.17, 15) is 9.59 Å². The van der Waals surface area contributed by atoms with Crippen LogP contribution in [-0.2, 0) is 16.0 Å². The van der Waals surface area contributed by atoms with Gasteiger partial charge in [-0.25, -0.2) is 0 Å². The standard InChI is InChI=1S/C21H26N2O5/c1-15(24)23(17-7-10-19(27-3)20(14-17)28-4)12-11-22-21(25)13-16-5-8-18(26-2)9-6-16/h5-10,14H,11-13H2,1-4H3,(H,22,25). The number of amides is 2. The van der Waals surface area contributed by atoms with E-state index >= 15 is 0 Å². The van der Waals surface area contributed by atoms with Crippen LogP contribution in [0.3, 0.4) is 0 Å². The van der Waals surface area contributed by atoms with E-state index in [1.807, 2.05) is 24.3 Å². The molecule has 2 aromatic carbocycles. The average molecular weight is 386 g/mol. The number of carbonyl (C=O) groups is 2. The lowest BCUT2D eigenvalue weighted by Crippen LogP contribution is -2.38. The molecule has 0 aliphatic carbocycles. The summed E-state index contributed by atoms with van der Waals surface area (Å²) in [7, 11) is 4.69. The zero-order valence-electron chi connectivity index (χ0n) is 16.7. The van der Waals surface area contributed by atoms with Gasteiger partial charge >= 0.3 is 0 Å². The molecule has 0 spiro atoms. The molecule has 0 aliphatic rings. The number of hydrogen-bond donors (Lipinski definition) is 1. The smallest absolute Gasteiger partial charge is 0.224 e. The molecule has 0 aromatic heterocycles. The molecule has 0 atom stereocenters. The van der Waals surface area contributed by atoms with Gasteiger partial charge in [-0.1, -0.05) is 12.1 Å². The van der Waals surface area contributed by atoms with Crippen molar-refractivity contribution in [1.82, 2.24) is 5.32 Å². The molecule has 2 rings (SSSR count). The third-order valence-corrected chi connectivity index (χ3v) is 4.24. The van der Waals surface area contributed by atoms with Crippen molar-refractivity contribution in [3.8, 4) is 17.2 Å². The van der Waals surface area contributed by atoms with Gasteiger partial charge in [0.05, 0.1) is 27.8 Å². The Hall–Kier alpha value is -3.22. The number of anilines is 1. The molecule has 0 saturated heterocycles. The molecule has 0 heterocycles. The lowest BCUT2D eigenvalue weighted by molar-refractivity contribution is -0.121. The molecule has 0 radical (unpaired) electrons. The van der Waals surface area contributed by atoms with Crippen LogP contribution in [0.5, 0.6) is 17.2 Å². The Balaban J connectivity index is 1.94. The van der Waals surface area contributed by atoms with Crippen molar-refractivity contribution in [1.29, 1.82) is 0 Å². The number of hydrogen-bond acceptors (Lipinski definition) is 5. The highest BCUT2D eigenvalue weighted by molar-refractivity contribution is 5.92. The molecule has 150 valence electrons. The third-order valence-electron chi connectivity index (χ3n) is 4.24. The van der Waals surface area contributed by atoms with Crippen LogP contribution in [-0.4, -0.2) is 46.2 Å². The van der Waals surface area contributed by atoms with Gasteiger partial charge in [0, 0.05) is 31.8 Å². The Morgan fingerprint density at radius 3 is 2.18 bits per heavy atom. The van der Waals surface area contributed by atoms with Gasteiger partial charge < -0.3 is 24.4 Å². The number of methoxy groups -OCH3 is 3. The highest BCUT2D eigenvalue weighted by atomic mass is 16.5. The molecule has 2 amide bonds. The van der Waals surface area contributed by atoms with Crippen molar-refractivity contribution in [3.63, 3.8) is 0 Å². The number of ether oxygens (including phenoxy) is 3. The van der Waals surface area contributed by atoms with Crippen LogP contribution >= 0.6 is 0 Å². The second-order valence-electron chi connectivity index (χ2n) is 6.08. The number of nitrogens with one attached hydrogen (secondary N) is 1. The Labute approximate surface area is 165 Å². The van der Waals surface area contributed by atoms with Crippen molar-refractivity contribution in [3.05, 3.63) is 48.0 Å². The Bertz CT molecular complexity index is 805. The Morgan fingerprint density at radius 2 is 1.61 bits per heavy atom. The molecule has 0 unspecified atom stereocenters. The fraction of sp³-hybridized carbons (Fsp3) is 0.333. The summed E-state index contributed by atoms with van der Waals surface area (Å²) in [6.45, 7) is 2.16. The largest absolute Gasteiger partial charge is 0.497 e. The highest BCUT2D eigenvalue weighted by Crippen LogP contribution is 2.31. The van der Waals surface area contributed by atoms with Gasteiger partial charge in [-0.05, 0) is 29.8 Å². The quantitative estimate of drug-likeness (QED) is 0.716. The molecular formula is C21H26N2O5. The maximum Gasteiger partial charge on any atom is 0.224 e. The zero-order chi connectivity index (χ0) is 20.5. The molecule has 1 N–H and O–H groups in total. The molecule has 0 aliphatic heterocycles. The van der Waals surface area contributed by atoms with Gasteiger partial charge in [0.1, 0.15) is 5.75 Å². The molecule has 0 fully saturated rings. The maximum absolute atomic E-state index is 12.2. The minimum absolute atomic E-state index is 0.110. The van der Waals surface area contributed by atoms with E-state index in [4.69, 9.17) is 14.2 Å². The summed E-state index contributed by atoms with van der Waals surface area (Å²) in [4.78, 5) is 25.8. The first kappa shape index (κ1) is 21.1. The summed E-state index contributed by atoms with van der Waals surface area (Å²) in [5.74, 6) is 1.63. The maximum atomic E-state index is 12.2. The van der Waals surface area contributed by atoms with E-state index in [2.05, 4.69) is 5.32 Å². The summed E-state index contributed by atoms with van der Waals surface area (Å²) in [5.41, 5.74) is 1.57. The predicted octanol–water partition coefficient (Wildman–Crippen LogP) is 2.42. The second-order valence-corrected chi connectivity index (χ2v) is 6.08. The summed E-state index contributed by atoms with van der Waals surface area (Å²) in [5, 5.41) is 2.85. The molecular weight excluding hydrogens is 360 g/mol. The van der Waals surface area contributed by atoms with Gasteiger partial charge in [-0.2, -0.15) is 0 Å². The first-order valence-electron chi connectivity index (χ1n) is 8.88. The van der Waals surface area contributed by atoms with E-state index in [-0.39, 0.29) is 18.2 Å². The van der Waals surface area contributed by atoms with Crippen LogP contribution in [0.25, 0.3) is 0 Å². The SMILES string of the molecule is COc1ccc(CC(=O)NCCN(C(C)=O)c2ccc(OC)c(OC)c2)cc1. The fourth-order valence-electron chi connectivity index (χ4n) is 2.76. The number of rotatable bonds is 9. The van der Waals surface area contributed by atoms with Gasteiger partial charge in [-0.3, -0.25) is 9.59 Å². The first-order valence-corrected chi connectivity index (χ1v) is 8.88. The first-order chi connectivity index (χ1) is 13.5. The monoisotopic (exact) mass is 386 g/mol. The van der Waals surface area contributed by atoms with Crippen LogP contribution in [0.1, 0.15) is 12.5 Å². The van der Waals surface area contributed by atoms with E-state index in [1.165, 1.54) is 6.92 Å². The van der Waals surface area contributed by atoms with Gasteiger partial charge in [0.15, 0.2) is 11.5 Å². The normalized spacial score (nSPS) is 10.1. The van der Waals surface area contributed by atoms with E-state index in [0.717, 1.165) is 11.3 Å². The fourth-order valence-corrected chi connectivity index (χ4v) is 2.76. The van der Waals surface area contributed by atoms with Crippen LogP contribution in [0.4, 0.5) is 5.69 Å². The summed E-state index contributed by atoms with van der Waals surface area (Å²) in [6.07, 6.45) is 0.264. The van der Waals surface area contributed by atoms with Gasteiger partial charge in [0.25, 0.3) is 0 Å². The third kappa shape index (κ3) is 5.64. The number of nitrogens with zero attached hydrogens (tertiary/aromatic N) is 1. The molecule has 2 aromatic rings.